The first-order valence-electron chi connectivity index (χ1n) is 2.74. The number of hydrogen-bond donors (Lipinski definition) is 3. The molecule has 3 N–H and O–H groups in total. The Bertz CT molecular complexity index is 219. The Balaban J connectivity index is 2.78. The lowest BCUT2D eigenvalue weighted by atomic mass is 10.3. The lowest BCUT2D eigenvalue weighted by Gasteiger charge is -1.95. The molecular weight excluding hydrogens is 130 g/mol. The van der Waals surface area contributed by atoms with Gasteiger partial charge in [-0.25, -0.2) is 0 Å². The van der Waals surface area contributed by atoms with Crippen LogP contribution in [0.25, 0.3) is 0 Å². The van der Waals surface area contributed by atoms with E-state index < -0.39 is 0 Å². The third-order valence-electron chi connectivity index (χ3n) is 1.05. The number of anilines is 1. The number of nitrogens with zero attached hydrogens (tertiary/aromatic N) is 1. The van der Waals surface area contributed by atoms with Crippen LogP contribution in [0.2, 0.25) is 0 Å². The number of phenols is 1. The van der Waals surface area contributed by atoms with Crippen LogP contribution >= 0.6 is 0 Å². The van der Waals surface area contributed by atoms with E-state index in [2.05, 4.69) is 10.6 Å². The first-order chi connectivity index (χ1) is 4.83. The monoisotopic (exact) mass is 137 g/mol. The van der Waals surface area contributed by atoms with E-state index in [0.717, 1.165) is 0 Å². The van der Waals surface area contributed by atoms with E-state index in [4.69, 9.17) is 10.6 Å². The summed E-state index contributed by atoms with van der Waals surface area (Å²) in [6.45, 7) is 0. The van der Waals surface area contributed by atoms with E-state index >= 15 is 0 Å². The molecule has 0 fully saturated rings. The fourth-order valence-corrected chi connectivity index (χ4v) is 0.601. The van der Waals surface area contributed by atoms with Crippen LogP contribution < -0.4 is 5.43 Å². The SMILES string of the molecule is N=NNc1ccc(O)cc1. The minimum Gasteiger partial charge on any atom is -0.508 e. The molecule has 4 nitrogen and oxygen atoms in total. The summed E-state index contributed by atoms with van der Waals surface area (Å²) in [5.41, 5.74) is 9.55. The van der Waals surface area contributed by atoms with Crippen LogP contribution in [0, 0.1) is 5.53 Å². The van der Waals surface area contributed by atoms with Crippen LogP contribution in [-0.2, 0) is 0 Å². The Morgan fingerprint density at radius 1 is 1.30 bits per heavy atom. The van der Waals surface area contributed by atoms with Crippen molar-refractivity contribution in [2.75, 3.05) is 5.43 Å². The summed E-state index contributed by atoms with van der Waals surface area (Å²) in [6.07, 6.45) is 0. The van der Waals surface area contributed by atoms with Gasteiger partial charge in [-0.15, -0.1) is 0 Å². The summed E-state index contributed by atoms with van der Waals surface area (Å²) in [4.78, 5) is 0. The molecule has 52 valence electrons. The first-order valence-corrected chi connectivity index (χ1v) is 2.74. The molecule has 4 heteroatoms. The van der Waals surface area contributed by atoms with Crippen molar-refractivity contribution in [3.05, 3.63) is 24.3 Å². The van der Waals surface area contributed by atoms with Crippen LogP contribution in [0.1, 0.15) is 0 Å². The molecular formula is C6H7N3O. The van der Waals surface area contributed by atoms with Gasteiger partial charge in [-0.2, -0.15) is 5.53 Å². The van der Waals surface area contributed by atoms with Crippen molar-refractivity contribution in [3.8, 4) is 5.75 Å². The van der Waals surface area contributed by atoms with E-state index in [-0.39, 0.29) is 5.75 Å². The molecule has 0 aliphatic carbocycles. The van der Waals surface area contributed by atoms with Crippen molar-refractivity contribution in [1.82, 2.24) is 0 Å². The molecule has 0 aliphatic rings. The van der Waals surface area contributed by atoms with Gasteiger partial charge in [0.2, 0.25) is 0 Å². The maximum Gasteiger partial charge on any atom is 0.115 e. The number of rotatable bonds is 2. The van der Waals surface area contributed by atoms with Gasteiger partial charge < -0.3 is 5.11 Å². The number of nitrogens with one attached hydrogen (secondary N) is 2. The molecule has 0 saturated heterocycles. The highest BCUT2D eigenvalue weighted by molar-refractivity contribution is 5.44. The summed E-state index contributed by atoms with van der Waals surface area (Å²) in [6, 6.07) is 6.31. The van der Waals surface area contributed by atoms with Gasteiger partial charge in [-0.1, -0.05) is 5.22 Å². The van der Waals surface area contributed by atoms with E-state index in [9.17, 15) is 0 Å². The number of aromatic hydroxyl groups is 1. The number of phenolic OH excluding ortho intramolecular Hbond substituents is 1. The Morgan fingerprint density at radius 2 is 1.90 bits per heavy atom. The second-order valence-corrected chi connectivity index (χ2v) is 1.77. The minimum absolute atomic E-state index is 0.204. The van der Waals surface area contributed by atoms with Gasteiger partial charge >= 0.3 is 0 Å². The van der Waals surface area contributed by atoms with Gasteiger partial charge in [-0.3, -0.25) is 5.43 Å². The Hall–Kier alpha value is -1.58. The fraction of sp³-hybridized carbons (Fsp3) is 0. The molecule has 0 atom stereocenters. The van der Waals surface area contributed by atoms with E-state index in [0.29, 0.717) is 5.69 Å². The molecule has 0 heterocycles. The normalized spacial score (nSPS) is 8.80. The zero-order valence-electron chi connectivity index (χ0n) is 5.20. The van der Waals surface area contributed by atoms with Crippen LogP contribution in [0.15, 0.2) is 29.5 Å². The molecule has 1 aromatic rings. The van der Waals surface area contributed by atoms with Gasteiger partial charge in [0, 0.05) is 0 Å². The summed E-state index contributed by atoms with van der Waals surface area (Å²) >= 11 is 0. The third-order valence-corrected chi connectivity index (χ3v) is 1.05. The first kappa shape index (κ1) is 6.54. The van der Waals surface area contributed by atoms with Gasteiger partial charge in [-0.05, 0) is 24.3 Å². The van der Waals surface area contributed by atoms with Crippen molar-refractivity contribution < 1.29 is 5.11 Å². The maximum absolute atomic E-state index is 8.82. The summed E-state index contributed by atoms with van der Waals surface area (Å²) < 4.78 is 0. The lowest BCUT2D eigenvalue weighted by Crippen LogP contribution is -1.83. The van der Waals surface area contributed by atoms with Crippen molar-refractivity contribution in [1.29, 1.82) is 5.53 Å². The predicted octanol–water partition coefficient (Wildman–Crippen LogP) is 1.75. The fourth-order valence-electron chi connectivity index (χ4n) is 0.601. The highest BCUT2D eigenvalue weighted by Crippen LogP contribution is 2.12. The van der Waals surface area contributed by atoms with Crippen LogP contribution in [-0.4, -0.2) is 5.11 Å². The second kappa shape index (κ2) is 2.82. The Kier molecular flexibility index (Phi) is 1.84. The predicted molar refractivity (Wildman–Crippen MR) is 36.9 cm³/mol. The summed E-state index contributed by atoms with van der Waals surface area (Å²) in [5.74, 6) is 0.204. The molecule has 0 spiro atoms. The third kappa shape index (κ3) is 1.45. The molecule has 0 amide bonds. The highest BCUT2D eigenvalue weighted by atomic mass is 16.3. The minimum atomic E-state index is 0.204. The van der Waals surface area contributed by atoms with Crippen molar-refractivity contribution in [3.63, 3.8) is 0 Å². The maximum atomic E-state index is 8.82. The molecule has 0 aliphatic heterocycles. The Labute approximate surface area is 58.0 Å². The molecule has 0 aromatic heterocycles. The quantitative estimate of drug-likeness (QED) is 0.330. The molecule has 0 radical (unpaired) electrons. The summed E-state index contributed by atoms with van der Waals surface area (Å²) in [7, 11) is 0. The van der Waals surface area contributed by atoms with Gasteiger partial charge in [0.25, 0.3) is 0 Å². The van der Waals surface area contributed by atoms with Crippen molar-refractivity contribution >= 4 is 5.69 Å². The largest absolute Gasteiger partial charge is 0.508 e. The molecule has 0 unspecified atom stereocenters. The molecule has 10 heavy (non-hydrogen) atoms. The van der Waals surface area contributed by atoms with E-state index in [1.807, 2.05) is 0 Å². The van der Waals surface area contributed by atoms with Gasteiger partial charge in [0.05, 0.1) is 5.69 Å². The topological polar surface area (TPSA) is 68.5 Å². The van der Waals surface area contributed by atoms with Crippen LogP contribution in [0.4, 0.5) is 5.69 Å². The number of benzene rings is 1. The summed E-state index contributed by atoms with van der Waals surface area (Å²) in [5, 5.41) is 11.8. The van der Waals surface area contributed by atoms with Crippen molar-refractivity contribution in [2.24, 2.45) is 5.22 Å². The van der Waals surface area contributed by atoms with Crippen molar-refractivity contribution in [2.45, 2.75) is 0 Å². The van der Waals surface area contributed by atoms with E-state index in [1.54, 1.807) is 12.1 Å². The number of hydrogen-bond acceptors (Lipinski definition) is 3. The van der Waals surface area contributed by atoms with E-state index in [1.165, 1.54) is 12.1 Å². The second-order valence-electron chi connectivity index (χ2n) is 1.77. The zero-order valence-corrected chi connectivity index (χ0v) is 5.20. The molecule has 0 saturated carbocycles. The molecule has 1 aromatic carbocycles. The molecule has 0 bridgehead atoms. The smallest absolute Gasteiger partial charge is 0.115 e. The van der Waals surface area contributed by atoms with Gasteiger partial charge in [0.15, 0.2) is 0 Å². The standard InChI is InChI=1S/C6H7N3O/c7-9-8-5-1-3-6(10)4-2-5/h1-4,10H,(H2,7,8). The molecule has 1 rings (SSSR count). The lowest BCUT2D eigenvalue weighted by molar-refractivity contribution is 0.475. The van der Waals surface area contributed by atoms with Crippen LogP contribution in [0.3, 0.4) is 0 Å². The zero-order chi connectivity index (χ0) is 7.40. The van der Waals surface area contributed by atoms with Crippen LogP contribution in [0.5, 0.6) is 5.75 Å². The van der Waals surface area contributed by atoms with Gasteiger partial charge in [0.1, 0.15) is 5.75 Å². The Morgan fingerprint density at radius 3 is 2.40 bits per heavy atom. The average molecular weight is 137 g/mol. The average Bonchev–Trinajstić information content (AvgIpc) is 1.95. The highest BCUT2D eigenvalue weighted by Gasteiger charge is 1.87.